The van der Waals surface area contributed by atoms with Gasteiger partial charge >= 0.3 is 0 Å². The molecule has 0 unspecified atom stereocenters. The first-order chi connectivity index (χ1) is 11.8. The van der Waals surface area contributed by atoms with Gasteiger partial charge in [0.25, 0.3) is 5.91 Å². The van der Waals surface area contributed by atoms with Gasteiger partial charge in [-0.15, -0.1) is 6.42 Å². The molecule has 3 N–H and O–H groups in total. The summed E-state index contributed by atoms with van der Waals surface area (Å²) in [5.41, 5.74) is 1.43. The lowest BCUT2D eigenvalue weighted by atomic mass is 10.1. The van der Waals surface area contributed by atoms with Crippen molar-refractivity contribution in [2.75, 3.05) is 6.54 Å². The average molecular weight is 360 g/mol. The van der Waals surface area contributed by atoms with Gasteiger partial charge in [-0.3, -0.25) is 14.6 Å². The largest absolute Gasteiger partial charge is 0.391 e. The first-order valence-electron chi connectivity index (χ1n) is 7.61. The predicted octanol–water partition coefficient (Wildman–Crippen LogP) is 1.43. The van der Waals surface area contributed by atoms with E-state index in [0.29, 0.717) is 27.2 Å². The molecule has 0 fully saturated rings. The monoisotopic (exact) mass is 359 g/mol. The van der Waals surface area contributed by atoms with Gasteiger partial charge in [0.15, 0.2) is 0 Å². The van der Waals surface area contributed by atoms with Gasteiger partial charge in [-0.25, -0.2) is 0 Å². The fourth-order valence-electron chi connectivity index (χ4n) is 2.40. The molecule has 2 aromatic rings. The second-order valence-electron chi connectivity index (χ2n) is 5.56. The molecule has 0 radical (unpaired) electrons. The Morgan fingerprint density at radius 3 is 2.80 bits per heavy atom. The third-order valence-electron chi connectivity index (χ3n) is 3.58. The Morgan fingerprint density at radius 1 is 1.44 bits per heavy atom. The Labute approximate surface area is 150 Å². The van der Waals surface area contributed by atoms with Crippen molar-refractivity contribution in [1.82, 2.24) is 15.6 Å². The molecular formula is C18H18ClN3O3. The van der Waals surface area contributed by atoms with Crippen molar-refractivity contribution in [2.45, 2.75) is 26.0 Å². The number of aliphatic hydroxyl groups excluding tert-OH is 1. The molecule has 0 aliphatic heterocycles. The normalized spacial score (nSPS) is 12.9. The van der Waals surface area contributed by atoms with Crippen LogP contribution in [0.4, 0.5) is 0 Å². The quantitative estimate of drug-likeness (QED) is 0.704. The lowest BCUT2D eigenvalue weighted by Crippen LogP contribution is -2.52. The van der Waals surface area contributed by atoms with E-state index in [2.05, 4.69) is 21.5 Å². The van der Waals surface area contributed by atoms with Crippen LogP contribution in [0.1, 0.15) is 23.0 Å². The number of fused-ring (bicyclic) bond motifs is 1. The number of nitrogens with one attached hydrogen (secondary N) is 2. The van der Waals surface area contributed by atoms with Gasteiger partial charge in [0, 0.05) is 11.1 Å². The molecule has 0 aliphatic carbocycles. The highest BCUT2D eigenvalue weighted by molar-refractivity contribution is 6.35. The number of carbonyl (C=O) groups excluding carboxylic acids is 2. The van der Waals surface area contributed by atoms with Crippen LogP contribution >= 0.6 is 11.6 Å². The fourth-order valence-corrected chi connectivity index (χ4v) is 2.62. The topological polar surface area (TPSA) is 91.3 Å². The van der Waals surface area contributed by atoms with Crippen LogP contribution in [-0.4, -0.2) is 40.6 Å². The zero-order chi connectivity index (χ0) is 18.6. The molecule has 0 saturated heterocycles. The van der Waals surface area contributed by atoms with E-state index in [9.17, 15) is 14.7 Å². The molecule has 6 nitrogen and oxygen atoms in total. The first-order valence-corrected chi connectivity index (χ1v) is 7.99. The Bertz CT molecular complexity index is 859. The maximum Gasteiger partial charge on any atom is 0.252 e. The maximum absolute atomic E-state index is 12.7. The number of aryl methyl sites for hydroxylation is 1. The van der Waals surface area contributed by atoms with Gasteiger partial charge in [-0.1, -0.05) is 29.7 Å². The van der Waals surface area contributed by atoms with Crippen LogP contribution in [0, 0.1) is 19.3 Å². The molecular weight excluding hydrogens is 342 g/mol. The number of carbonyl (C=O) groups is 2. The van der Waals surface area contributed by atoms with Crippen LogP contribution in [-0.2, 0) is 4.79 Å². The van der Waals surface area contributed by atoms with E-state index in [4.69, 9.17) is 18.0 Å². The lowest BCUT2D eigenvalue weighted by Gasteiger charge is -2.21. The summed E-state index contributed by atoms with van der Waals surface area (Å²) in [5.74, 6) is 1.19. The number of halogens is 1. The number of aliphatic hydroxyl groups is 1. The summed E-state index contributed by atoms with van der Waals surface area (Å²) >= 11 is 6.15. The predicted molar refractivity (Wildman–Crippen MR) is 96.3 cm³/mol. The number of amides is 2. The number of benzene rings is 1. The van der Waals surface area contributed by atoms with E-state index < -0.39 is 24.0 Å². The molecule has 0 spiro atoms. The maximum atomic E-state index is 12.7. The van der Waals surface area contributed by atoms with E-state index in [1.165, 1.54) is 6.92 Å². The fraction of sp³-hybridized carbons (Fsp3) is 0.278. The number of aromatic nitrogens is 1. The van der Waals surface area contributed by atoms with Crippen molar-refractivity contribution in [3.05, 3.63) is 40.5 Å². The summed E-state index contributed by atoms with van der Waals surface area (Å²) in [7, 11) is 0. The standard InChI is InChI=1S/C18H18ClN3O3/c1-4-8-20-18(25)15(11(3)23)22-17(24)13-9-10(2)21-16-12(13)6-5-7-14(16)19/h1,5-7,9,11,15,23H,8H2,2-3H3,(H,20,25)(H,22,24)/t11-,15+/m1/s1. The molecule has 1 aromatic carbocycles. The molecule has 0 saturated carbocycles. The van der Waals surface area contributed by atoms with E-state index in [1.807, 2.05) is 0 Å². The average Bonchev–Trinajstić information content (AvgIpc) is 2.57. The summed E-state index contributed by atoms with van der Waals surface area (Å²) in [6, 6.07) is 5.59. The zero-order valence-corrected chi connectivity index (χ0v) is 14.6. The van der Waals surface area contributed by atoms with Gasteiger partial charge in [0.05, 0.1) is 28.8 Å². The minimum atomic E-state index is -1.14. The molecule has 0 aliphatic rings. The molecule has 2 rings (SSSR count). The number of hydrogen-bond acceptors (Lipinski definition) is 4. The number of nitrogens with zero attached hydrogens (tertiary/aromatic N) is 1. The minimum Gasteiger partial charge on any atom is -0.391 e. The summed E-state index contributed by atoms with van der Waals surface area (Å²) in [6.07, 6.45) is 4.01. The van der Waals surface area contributed by atoms with E-state index >= 15 is 0 Å². The number of para-hydroxylation sites is 1. The van der Waals surface area contributed by atoms with Gasteiger partial charge in [-0.05, 0) is 26.0 Å². The summed E-state index contributed by atoms with van der Waals surface area (Å²) < 4.78 is 0. The van der Waals surface area contributed by atoms with Crippen LogP contribution in [0.3, 0.4) is 0 Å². The van der Waals surface area contributed by atoms with Crippen molar-refractivity contribution in [1.29, 1.82) is 0 Å². The zero-order valence-electron chi connectivity index (χ0n) is 13.8. The molecule has 25 heavy (non-hydrogen) atoms. The SMILES string of the molecule is C#CCNC(=O)[C@@H](NC(=O)c1cc(C)nc2c(Cl)cccc12)[C@@H](C)O. The van der Waals surface area contributed by atoms with Crippen molar-refractivity contribution in [3.63, 3.8) is 0 Å². The molecule has 2 amide bonds. The second kappa shape index (κ2) is 7.97. The highest BCUT2D eigenvalue weighted by Crippen LogP contribution is 2.25. The van der Waals surface area contributed by atoms with Crippen molar-refractivity contribution < 1.29 is 14.7 Å². The Morgan fingerprint density at radius 2 is 2.16 bits per heavy atom. The van der Waals surface area contributed by atoms with Gasteiger partial charge in [0.1, 0.15) is 6.04 Å². The van der Waals surface area contributed by atoms with Crippen LogP contribution in [0.15, 0.2) is 24.3 Å². The van der Waals surface area contributed by atoms with Crippen LogP contribution in [0.25, 0.3) is 10.9 Å². The summed E-state index contributed by atoms with van der Waals surface area (Å²) in [6.45, 7) is 3.16. The van der Waals surface area contributed by atoms with E-state index in [0.717, 1.165) is 0 Å². The lowest BCUT2D eigenvalue weighted by molar-refractivity contribution is -0.125. The number of rotatable bonds is 5. The first kappa shape index (κ1) is 18.7. The van der Waals surface area contributed by atoms with Crippen LogP contribution < -0.4 is 10.6 Å². The molecule has 1 heterocycles. The van der Waals surface area contributed by atoms with Crippen LogP contribution in [0.2, 0.25) is 5.02 Å². The van der Waals surface area contributed by atoms with Crippen molar-refractivity contribution in [2.24, 2.45) is 0 Å². The third kappa shape index (κ3) is 4.27. The molecule has 0 bridgehead atoms. The number of terminal acetylenes is 1. The second-order valence-corrected chi connectivity index (χ2v) is 5.97. The van der Waals surface area contributed by atoms with Crippen molar-refractivity contribution >= 4 is 34.3 Å². The van der Waals surface area contributed by atoms with E-state index in [-0.39, 0.29) is 6.54 Å². The van der Waals surface area contributed by atoms with Gasteiger partial charge in [-0.2, -0.15) is 0 Å². The summed E-state index contributed by atoms with van der Waals surface area (Å²) in [4.78, 5) is 29.1. The Balaban J connectivity index is 2.37. The third-order valence-corrected chi connectivity index (χ3v) is 3.88. The molecule has 130 valence electrons. The highest BCUT2D eigenvalue weighted by atomic mass is 35.5. The minimum absolute atomic E-state index is 0.00479. The molecule has 2 atom stereocenters. The smallest absolute Gasteiger partial charge is 0.252 e. The van der Waals surface area contributed by atoms with Crippen LogP contribution in [0.5, 0.6) is 0 Å². The number of pyridine rings is 1. The highest BCUT2D eigenvalue weighted by Gasteiger charge is 2.26. The van der Waals surface area contributed by atoms with Gasteiger partial charge in [0.2, 0.25) is 5.91 Å². The van der Waals surface area contributed by atoms with Gasteiger partial charge < -0.3 is 15.7 Å². The molecule has 1 aromatic heterocycles. The Kier molecular flexibility index (Phi) is 5.97. The summed E-state index contributed by atoms with van der Waals surface area (Å²) in [5, 5.41) is 15.8. The van der Waals surface area contributed by atoms with E-state index in [1.54, 1.807) is 31.2 Å². The van der Waals surface area contributed by atoms with Crippen molar-refractivity contribution in [3.8, 4) is 12.3 Å². The molecule has 7 heteroatoms. The number of hydrogen-bond donors (Lipinski definition) is 3. The Hall–Kier alpha value is -2.62.